The minimum atomic E-state index is 0.690. The number of unbranched alkanes of at least 4 members (excludes halogenated alkanes) is 3. The number of anilines is 2. The molecule has 0 radical (unpaired) electrons. The van der Waals surface area contributed by atoms with Gasteiger partial charge in [0.25, 0.3) is 0 Å². The predicted molar refractivity (Wildman–Crippen MR) is 78.5 cm³/mol. The van der Waals surface area contributed by atoms with Crippen molar-refractivity contribution in [2.75, 3.05) is 30.9 Å². The highest BCUT2D eigenvalue weighted by atomic mass is 16.1. The van der Waals surface area contributed by atoms with Gasteiger partial charge in [-0.3, -0.25) is 0 Å². The van der Waals surface area contributed by atoms with Crippen LogP contribution in [0.25, 0.3) is 0 Å². The molecule has 0 fully saturated rings. The van der Waals surface area contributed by atoms with Crippen molar-refractivity contribution < 1.29 is 4.79 Å². The summed E-state index contributed by atoms with van der Waals surface area (Å²) in [5.74, 6) is 0. The van der Waals surface area contributed by atoms with Crippen molar-refractivity contribution in [1.82, 2.24) is 0 Å². The van der Waals surface area contributed by atoms with E-state index in [1.54, 1.807) is 0 Å². The van der Waals surface area contributed by atoms with Crippen LogP contribution in [-0.2, 0) is 4.79 Å². The third-order valence-corrected chi connectivity index (χ3v) is 3.02. The molecule has 3 heteroatoms. The Kier molecular flexibility index (Phi) is 6.26. The minimum Gasteiger partial charge on any atom is -0.385 e. The van der Waals surface area contributed by atoms with Crippen LogP contribution < -0.4 is 10.2 Å². The third-order valence-electron chi connectivity index (χ3n) is 3.02. The van der Waals surface area contributed by atoms with Gasteiger partial charge in [0.1, 0.15) is 6.29 Å². The molecule has 3 nitrogen and oxygen atoms in total. The van der Waals surface area contributed by atoms with Gasteiger partial charge in [0.2, 0.25) is 0 Å². The van der Waals surface area contributed by atoms with Gasteiger partial charge in [-0.25, -0.2) is 0 Å². The van der Waals surface area contributed by atoms with E-state index in [0.717, 1.165) is 32.1 Å². The normalized spacial score (nSPS) is 10.2. The number of nitrogens with zero attached hydrogens (tertiary/aromatic N) is 1. The predicted octanol–water partition coefficient (Wildman–Crippen LogP) is 3.23. The van der Waals surface area contributed by atoms with E-state index in [-0.39, 0.29) is 0 Å². The van der Waals surface area contributed by atoms with E-state index in [4.69, 9.17) is 0 Å². The highest BCUT2D eigenvalue weighted by Crippen LogP contribution is 2.22. The maximum absolute atomic E-state index is 10.2. The van der Waals surface area contributed by atoms with Crippen molar-refractivity contribution in [2.24, 2.45) is 0 Å². The average Bonchev–Trinajstić information content (AvgIpc) is 2.35. The van der Waals surface area contributed by atoms with Gasteiger partial charge in [0, 0.05) is 38.4 Å². The third kappa shape index (κ3) is 4.78. The number of rotatable bonds is 8. The summed E-state index contributed by atoms with van der Waals surface area (Å²) in [4.78, 5) is 12.3. The molecule has 0 spiro atoms. The van der Waals surface area contributed by atoms with Gasteiger partial charge in [0.15, 0.2) is 0 Å². The summed E-state index contributed by atoms with van der Waals surface area (Å²) in [5, 5.41) is 3.43. The Morgan fingerprint density at radius 3 is 2.67 bits per heavy atom. The Balaban J connectivity index is 2.38. The lowest BCUT2D eigenvalue weighted by Gasteiger charge is -2.17. The first-order valence-electron chi connectivity index (χ1n) is 6.60. The van der Waals surface area contributed by atoms with Gasteiger partial charge in [0.05, 0.1) is 0 Å². The standard InChI is InChI=1S/C15H24N2O/c1-13-8-9-14(12-15(13)17(2)3)16-10-6-4-5-7-11-18/h8-9,11-12,16H,4-7,10H2,1-3H3. The van der Waals surface area contributed by atoms with Gasteiger partial charge in [-0.1, -0.05) is 12.5 Å². The van der Waals surface area contributed by atoms with Crippen LogP contribution in [0.15, 0.2) is 18.2 Å². The first-order chi connectivity index (χ1) is 8.65. The molecule has 0 saturated heterocycles. The van der Waals surface area contributed by atoms with Crippen LogP contribution in [0.2, 0.25) is 0 Å². The topological polar surface area (TPSA) is 32.3 Å². The Morgan fingerprint density at radius 1 is 1.22 bits per heavy atom. The Bertz CT molecular complexity index is 375. The maximum Gasteiger partial charge on any atom is 0.119 e. The molecular formula is C15H24N2O. The van der Waals surface area contributed by atoms with Crippen molar-refractivity contribution in [3.63, 3.8) is 0 Å². The first kappa shape index (κ1) is 14.6. The zero-order valence-corrected chi connectivity index (χ0v) is 11.7. The first-order valence-corrected chi connectivity index (χ1v) is 6.60. The lowest BCUT2D eigenvalue weighted by atomic mass is 10.1. The minimum absolute atomic E-state index is 0.690. The number of aldehydes is 1. The molecule has 0 aliphatic rings. The lowest BCUT2D eigenvalue weighted by Crippen LogP contribution is -2.11. The van der Waals surface area contributed by atoms with Crippen LogP contribution in [0.4, 0.5) is 11.4 Å². The molecule has 0 bridgehead atoms. The molecule has 0 heterocycles. The maximum atomic E-state index is 10.2. The summed E-state index contributed by atoms with van der Waals surface area (Å²) in [7, 11) is 4.12. The molecule has 100 valence electrons. The number of aryl methyl sites for hydroxylation is 1. The van der Waals surface area contributed by atoms with Crippen molar-refractivity contribution >= 4 is 17.7 Å². The molecule has 1 aromatic rings. The molecule has 0 aliphatic carbocycles. The van der Waals surface area contributed by atoms with Crippen molar-refractivity contribution in [3.8, 4) is 0 Å². The van der Waals surface area contributed by atoms with Gasteiger partial charge < -0.3 is 15.0 Å². The van der Waals surface area contributed by atoms with Gasteiger partial charge in [-0.2, -0.15) is 0 Å². The van der Waals surface area contributed by atoms with E-state index in [1.165, 1.54) is 16.9 Å². The largest absolute Gasteiger partial charge is 0.385 e. The van der Waals surface area contributed by atoms with Crippen LogP contribution >= 0.6 is 0 Å². The molecule has 0 unspecified atom stereocenters. The van der Waals surface area contributed by atoms with Crippen LogP contribution in [0, 0.1) is 6.92 Å². The molecule has 0 aromatic heterocycles. The second-order valence-corrected chi connectivity index (χ2v) is 4.84. The summed E-state index contributed by atoms with van der Waals surface area (Å²) < 4.78 is 0. The van der Waals surface area contributed by atoms with E-state index in [1.807, 2.05) is 0 Å². The lowest BCUT2D eigenvalue weighted by molar-refractivity contribution is -0.107. The monoisotopic (exact) mass is 248 g/mol. The van der Waals surface area contributed by atoms with E-state index in [9.17, 15) is 4.79 Å². The quantitative estimate of drug-likeness (QED) is 0.566. The molecule has 1 rings (SSSR count). The van der Waals surface area contributed by atoms with Crippen molar-refractivity contribution in [1.29, 1.82) is 0 Å². The zero-order valence-electron chi connectivity index (χ0n) is 11.7. The smallest absolute Gasteiger partial charge is 0.119 e. The fourth-order valence-electron chi connectivity index (χ4n) is 1.96. The molecule has 0 atom stereocenters. The highest BCUT2D eigenvalue weighted by Gasteiger charge is 2.01. The summed E-state index contributed by atoms with van der Waals surface area (Å²) in [6, 6.07) is 6.44. The van der Waals surface area contributed by atoms with Gasteiger partial charge in [-0.05, 0) is 37.5 Å². The Hall–Kier alpha value is -1.51. The molecular weight excluding hydrogens is 224 g/mol. The van der Waals surface area contributed by atoms with Crippen molar-refractivity contribution in [2.45, 2.75) is 32.6 Å². The van der Waals surface area contributed by atoms with E-state index in [0.29, 0.717) is 6.42 Å². The summed E-state index contributed by atoms with van der Waals surface area (Å²) in [6.45, 7) is 3.09. The van der Waals surface area contributed by atoms with Crippen LogP contribution in [-0.4, -0.2) is 26.9 Å². The number of nitrogens with one attached hydrogen (secondary N) is 1. The Morgan fingerprint density at radius 2 is 2.00 bits per heavy atom. The van der Waals surface area contributed by atoms with Crippen LogP contribution in [0.3, 0.4) is 0 Å². The second kappa shape index (κ2) is 7.75. The number of hydrogen-bond donors (Lipinski definition) is 1. The summed E-state index contributed by atoms with van der Waals surface area (Å²) in [6.07, 6.45) is 4.91. The molecule has 0 aliphatic heterocycles. The molecule has 0 amide bonds. The van der Waals surface area contributed by atoms with E-state index >= 15 is 0 Å². The van der Waals surface area contributed by atoms with Crippen molar-refractivity contribution in [3.05, 3.63) is 23.8 Å². The summed E-state index contributed by atoms with van der Waals surface area (Å²) in [5.41, 5.74) is 3.71. The second-order valence-electron chi connectivity index (χ2n) is 4.84. The van der Waals surface area contributed by atoms with Crippen LogP contribution in [0.5, 0.6) is 0 Å². The van der Waals surface area contributed by atoms with E-state index < -0.39 is 0 Å². The number of carbonyl (C=O) groups excluding carboxylic acids is 1. The van der Waals surface area contributed by atoms with E-state index in [2.05, 4.69) is 49.4 Å². The number of carbonyl (C=O) groups is 1. The average molecular weight is 248 g/mol. The Labute approximate surface area is 110 Å². The fourth-order valence-corrected chi connectivity index (χ4v) is 1.96. The van der Waals surface area contributed by atoms with Gasteiger partial charge in [-0.15, -0.1) is 0 Å². The van der Waals surface area contributed by atoms with Gasteiger partial charge >= 0.3 is 0 Å². The zero-order chi connectivity index (χ0) is 13.4. The highest BCUT2D eigenvalue weighted by molar-refractivity contribution is 5.61. The molecule has 0 saturated carbocycles. The summed E-state index contributed by atoms with van der Waals surface area (Å²) >= 11 is 0. The number of hydrogen-bond acceptors (Lipinski definition) is 3. The molecule has 18 heavy (non-hydrogen) atoms. The van der Waals surface area contributed by atoms with Crippen LogP contribution in [0.1, 0.15) is 31.2 Å². The number of benzene rings is 1. The fraction of sp³-hybridized carbons (Fsp3) is 0.533. The SMILES string of the molecule is Cc1ccc(NCCCCCC=O)cc1N(C)C. The molecule has 1 N–H and O–H groups in total. The molecule has 1 aromatic carbocycles.